The number of aromatic nitrogens is 3. The van der Waals surface area contributed by atoms with Crippen LogP contribution in [0.3, 0.4) is 0 Å². The van der Waals surface area contributed by atoms with Crippen LogP contribution in [-0.4, -0.2) is 27.2 Å². The summed E-state index contributed by atoms with van der Waals surface area (Å²) in [5.41, 5.74) is 7.18. The molecule has 16 heavy (non-hydrogen) atoms. The molecule has 0 aliphatic rings. The molecule has 0 fully saturated rings. The van der Waals surface area contributed by atoms with Gasteiger partial charge in [0.1, 0.15) is 5.56 Å². The van der Waals surface area contributed by atoms with Crippen LogP contribution in [0.4, 0.5) is 0 Å². The monoisotopic (exact) mass is 220 g/mol. The van der Waals surface area contributed by atoms with Crippen LogP contribution in [0, 0.1) is 0 Å². The van der Waals surface area contributed by atoms with Gasteiger partial charge < -0.3 is 10.5 Å². The van der Waals surface area contributed by atoms with Crippen molar-refractivity contribution >= 4 is 11.6 Å². The van der Waals surface area contributed by atoms with Gasteiger partial charge in [0.2, 0.25) is 0 Å². The summed E-state index contributed by atoms with van der Waals surface area (Å²) in [6.07, 6.45) is 4.81. The summed E-state index contributed by atoms with van der Waals surface area (Å²) < 4.78 is 6.42. The maximum absolute atomic E-state index is 11.5. The highest BCUT2D eigenvalue weighted by Gasteiger charge is 2.14. The van der Waals surface area contributed by atoms with Crippen LogP contribution >= 0.6 is 0 Å². The quantitative estimate of drug-likeness (QED) is 0.755. The SMILES string of the molecule is CCOC(=O)c1cnn2cc(CN)cnc12. The van der Waals surface area contributed by atoms with E-state index in [1.165, 1.54) is 10.7 Å². The van der Waals surface area contributed by atoms with Gasteiger partial charge in [-0.2, -0.15) is 5.10 Å². The fraction of sp³-hybridized carbons (Fsp3) is 0.300. The average molecular weight is 220 g/mol. The molecule has 2 aromatic heterocycles. The lowest BCUT2D eigenvalue weighted by Gasteiger charge is -2.00. The summed E-state index contributed by atoms with van der Waals surface area (Å²) >= 11 is 0. The second kappa shape index (κ2) is 4.28. The molecule has 2 rings (SSSR count). The van der Waals surface area contributed by atoms with Gasteiger partial charge in [0.15, 0.2) is 5.65 Å². The molecule has 6 heteroatoms. The van der Waals surface area contributed by atoms with Gasteiger partial charge in [-0.05, 0) is 6.92 Å². The van der Waals surface area contributed by atoms with Crippen molar-refractivity contribution in [2.24, 2.45) is 5.73 Å². The minimum atomic E-state index is -0.412. The van der Waals surface area contributed by atoms with Gasteiger partial charge in [0.05, 0.1) is 12.8 Å². The Morgan fingerprint density at radius 3 is 3.06 bits per heavy atom. The lowest BCUT2D eigenvalue weighted by atomic mass is 10.3. The Morgan fingerprint density at radius 1 is 1.56 bits per heavy atom. The molecule has 0 amide bonds. The van der Waals surface area contributed by atoms with Crippen molar-refractivity contribution in [2.45, 2.75) is 13.5 Å². The highest BCUT2D eigenvalue weighted by molar-refractivity contribution is 5.95. The number of esters is 1. The van der Waals surface area contributed by atoms with Crippen molar-refractivity contribution in [2.75, 3.05) is 6.61 Å². The highest BCUT2D eigenvalue weighted by atomic mass is 16.5. The number of nitrogens with two attached hydrogens (primary N) is 1. The van der Waals surface area contributed by atoms with Crippen LogP contribution in [0.1, 0.15) is 22.8 Å². The van der Waals surface area contributed by atoms with E-state index in [-0.39, 0.29) is 0 Å². The van der Waals surface area contributed by atoms with Gasteiger partial charge in [-0.1, -0.05) is 0 Å². The summed E-state index contributed by atoms with van der Waals surface area (Å²) in [7, 11) is 0. The Morgan fingerprint density at radius 2 is 2.38 bits per heavy atom. The average Bonchev–Trinajstić information content (AvgIpc) is 2.71. The summed E-state index contributed by atoms with van der Waals surface area (Å²) in [4.78, 5) is 15.7. The second-order valence-corrected chi connectivity index (χ2v) is 3.21. The largest absolute Gasteiger partial charge is 0.462 e. The maximum Gasteiger partial charge on any atom is 0.343 e. The third-order valence-electron chi connectivity index (χ3n) is 2.14. The van der Waals surface area contributed by atoms with E-state index < -0.39 is 5.97 Å². The molecule has 0 saturated carbocycles. The molecule has 0 aliphatic heterocycles. The van der Waals surface area contributed by atoms with E-state index in [0.29, 0.717) is 24.4 Å². The van der Waals surface area contributed by atoms with E-state index >= 15 is 0 Å². The lowest BCUT2D eigenvalue weighted by molar-refractivity contribution is 0.0528. The molecule has 0 aliphatic carbocycles. The third kappa shape index (κ3) is 1.74. The number of carbonyl (C=O) groups excluding carboxylic acids is 1. The molecule has 0 saturated heterocycles. The number of hydrogen-bond acceptors (Lipinski definition) is 5. The molecule has 0 aromatic carbocycles. The van der Waals surface area contributed by atoms with Gasteiger partial charge in [0.25, 0.3) is 0 Å². The molecular formula is C10H12N4O2. The fourth-order valence-corrected chi connectivity index (χ4v) is 1.37. The molecule has 0 radical (unpaired) electrons. The number of carbonyl (C=O) groups is 1. The van der Waals surface area contributed by atoms with Gasteiger partial charge in [-0.3, -0.25) is 0 Å². The van der Waals surface area contributed by atoms with E-state index in [1.54, 1.807) is 19.3 Å². The first kappa shape index (κ1) is 10.6. The lowest BCUT2D eigenvalue weighted by Crippen LogP contribution is -2.06. The predicted molar refractivity (Wildman–Crippen MR) is 56.8 cm³/mol. The number of hydrogen-bond donors (Lipinski definition) is 1. The Kier molecular flexibility index (Phi) is 2.82. The first-order valence-corrected chi connectivity index (χ1v) is 4.95. The summed E-state index contributed by atoms with van der Waals surface area (Å²) in [5, 5.41) is 4.03. The predicted octanol–water partition coefficient (Wildman–Crippen LogP) is 0.365. The Bertz CT molecular complexity index is 521. The van der Waals surface area contributed by atoms with E-state index in [9.17, 15) is 4.79 Å². The number of rotatable bonds is 3. The van der Waals surface area contributed by atoms with Crippen molar-refractivity contribution in [3.63, 3.8) is 0 Å². The topological polar surface area (TPSA) is 82.5 Å². The van der Waals surface area contributed by atoms with Crippen LogP contribution in [0.25, 0.3) is 5.65 Å². The van der Waals surface area contributed by atoms with Crippen molar-refractivity contribution in [1.82, 2.24) is 14.6 Å². The van der Waals surface area contributed by atoms with Crippen LogP contribution in [0.15, 0.2) is 18.6 Å². The maximum atomic E-state index is 11.5. The molecule has 0 spiro atoms. The molecule has 84 valence electrons. The van der Waals surface area contributed by atoms with E-state index in [0.717, 1.165) is 5.56 Å². The Hall–Kier alpha value is -1.95. The van der Waals surface area contributed by atoms with Crippen LogP contribution < -0.4 is 5.73 Å². The Balaban J connectivity index is 2.45. The normalized spacial score (nSPS) is 10.6. The van der Waals surface area contributed by atoms with E-state index in [1.807, 2.05) is 0 Å². The van der Waals surface area contributed by atoms with Crippen molar-refractivity contribution in [3.05, 3.63) is 29.7 Å². The van der Waals surface area contributed by atoms with Gasteiger partial charge in [-0.15, -0.1) is 0 Å². The molecule has 2 heterocycles. The molecule has 0 atom stereocenters. The van der Waals surface area contributed by atoms with Gasteiger partial charge in [-0.25, -0.2) is 14.3 Å². The standard InChI is InChI=1S/C10H12N4O2/c1-2-16-10(15)8-5-13-14-6-7(3-11)4-12-9(8)14/h4-6H,2-3,11H2,1H3. The summed E-state index contributed by atoms with van der Waals surface area (Å²) in [6, 6.07) is 0. The molecule has 2 aromatic rings. The molecule has 0 bridgehead atoms. The first-order valence-electron chi connectivity index (χ1n) is 4.95. The minimum Gasteiger partial charge on any atom is -0.462 e. The van der Waals surface area contributed by atoms with Gasteiger partial charge in [0, 0.05) is 24.5 Å². The highest BCUT2D eigenvalue weighted by Crippen LogP contribution is 2.10. The first-order chi connectivity index (χ1) is 7.76. The number of fused-ring (bicyclic) bond motifs is 1. The van der Waals surface area contributed by atoms with Crippen LogP contribution in [0.5, 0.6) is 0 Å². The minimum absolute atomic E-state index is 0.330. The smallest absolute Gasteiger partial charge is 0.343 e. The van der Waals surface area contributed by atoms with Crippen LogP contribution in [-0.2, 0) is 11.3 Å². The second-order valence-electron chi connectivity index (χ2n) is 3.21. The van der Waals surface area contributed by atoms with E-state index in [2.05, 4.69) is 10.1 Å². The molecule has 2 N–H and O–H groups in total. The summed E-state index contributed by atoms with van der Waals surface area (Å²) in [6.45, 7) is 2.47. The molecule has 0 unspecified atom stereocenters. The van der Waals surface area contributed by atoms with E-state index in [4.69, 9.17) is 10.5 Å². The third-order valence-corrected chi connectivity index (χ3v) is 2.14. The number of nitrogens with zero attached hydrogens (tertiary/aromatic N) is 3. The fourth-order valence-electron chi connectivity index (χ4n) is 1.37. The molecule has 6 nitrogen and oxygen atoms in total. The zero-order valence-electron chi connectivity index (χ0n) is 8.88. The molecular weight excluding hydrogens is 208 g/mol. The van der Waals surface area contributed by atoms with Crippen LogP contribution in [0.2, 0.25) is 0 Å². The van der Waals surface area contributed by atoms with Crippen molar-refractivity contribution < 1.29 is 9.53 Å². The van der Waals surface area contributed by atoms with Crippen molar-refractivity contribution in [1.29, 1.82) is 0 Å². The Labute approximate surface area is 92.0 Å². The zero-order valence-corrected chi connectivity index (χ0v) is 8.88. The van der Waals surface area contributed by atoms with Crippen molar-refractivity contribution in [3.8, 4) is 0 Å². The van der Waals surface area contributed by atoms with Gasteiger partial charge >= 0.3 is 5.97 Å². The summed E-state index contributed by atoms with van der Waals surface area (Å²) in [5.74, 6) is -0.412. The zero-order chi connectivity index (χ0) is 11.5. The number of ether oxygens (including phenoxy) is 1.